The standard InChI is InChI=1S/C26H27N5O3S/c1-33-21-8-9-24(28-15-21)34-20-6-4-19(5-7-20)22-17-35-26(29-22)30-25(32)23-3-2-14-31(23)16-18-10-12-27-13-11-18/h2-3,8-15,17,19-20H,4-7,16H2,1H3,(H,29,30,32)/t19-,20-. The molecule has 1 amide bonds. The van der Waals surface area contributed by atoms with Gasteiger partial charge in [0, 0.05) is 42.5 Å². The van der Waals surface area contributed by atoms with Crippen LogP contribution in [-0.4, -0.2) is 38.6 Å². The van der Waals surface area contributed by atoms with Crippen LogP contribution >= 0.6 is 11.3 Å². The molecule has 5 rings (SSSR count). The molecular weight excluding hydrogens is 462 g/mol. The molecule has 1 N–H and O–H groups in total. The highest BCUT2D eigenvalue weighted by molar-refractivity contribution is 7.14. The van der Waals surface area contributed by atoms with E-state index in [1.165, 1.54) is 11.3 Å². The molecular formula is C26H27N5O3S. The van der Waals surface area contributed by atoms with E-state index in [4.69, 9.17) is 14.5 Å². The molecule has 4 heterocycles. The van der Waals surface area contributed by atoms with Crippen LogP contribution in [0, 0.1) is 0 Å². The Hall–Kier alpha value is -3.72. The van der Waals surface area contributed by atoms with E-state index in [0.717, 1.165) is 42.7 Å². The molecule has 4 aromatic rings. The molecule has 8 nitrogen and oxygen atoms in total. The molecule has 4 aromatic heterocycles. The van der Waals surface area contributed by atoms with Gasteiger partial charge in [-0.15, -0.1) is 11.3 Å². The molecule has 0 spiro atoms. The topological polar surface area (TPSA) is 91.2 Å². The molecule has 1 saturated carbocycles. The van der Waals surface area contributed by atoms with Gasteiger partial charge in [0.2, 0.25) is 5.88 Å². The quantitative estimate of drug-likeness (QED) is 0.368. The van der Waals surface area contributed by atoms with Crippen molar-refractivity contribution in [2.75, 3.05) is 12.4 Å². The van der Waals surface area contributed by atoms with E-state index in [1.807, 2.05) is 47.2 Å². The van der Waals surface area contributed by atoms with Crippen molar-refractivity contribution in [1.29, 1.82) is 0 Å². The van der Waals surface area contributed by atoms with Gasteiger partial charge in [0.05, 0.1) is 19.0 Å². The Kier molecular flexibility index (Phi) is 7.04. The lowest BCUT2D eigenvalue weighted by Crippen LogP contribution is -2.24. The van der Waals surface area contributed by atoms with Gasteiger partial charge in [-0.25, -0.2) is 9.97 Å². The summed E-state index contributed by atoms with van der Waals surface area (Å²) >= 11 is 1.47. The minimum absolute atomic E-state index is 0.151. The van der Waals surface area contributed by atoms with Crippen molar-refractivity contribution < 1.29 is 14.3 Å². The number of hydrogen-bond donors (Lipinski definition) is 1. The first-order valence-corrected chi connectivity index (χ1v) is 12.5. The minimum atomic E-state index is -0.158. The molecule has 0 radical (unpaired) electrons. The van der Waals surface area contributed by atoms with Crippen molar-refractivity contribution in [2.45, 2.75) is 44.2 Å². The third-order valence-electron chi connectivity index (χ3n) is 6.23. The van der Waals surface area contributed by atoms with Gasteiger partial charge in [-0.2, -0.15) is 0 Å². The Morgan fingerprint density at radius 1 is 1.14 bits per heavy atom. The molecule has 9 heteroatoms. The maximum atomic E-state index is 12.9. The van der Waals surface area contributed by atoms with Crippen molar-refractivity contribution >= 4 is 22.4 Å². The van der Waals surface area contributed by atoms with E-state index >= 15 is 0 Å². The highest BCUT2D eigenvalue weighted by Crippen LogP contribution is 2.35. The predicted molar refractivity (Wildman–Crippen MR) is 134 cm³/mol. The normalized spacial score (nSPS) is 17.6. The number of hydrogen-bond acceptors (Lipinski definition) is 7. The van der Waals surface area contributed by atoms with E-state index < -0.39 is 0 Å². The minimum Gasteiger partial charge on any atom is -0.495 e. The number of nitrogens with zero attached hydrogens (tertiary/aromatic N) is 4. The van der Waals surface area contributed by atoms with Crippen LogP contribution in [0.2, 0.25) is 0 Å². The Labute approximate surface area is 208 Å². The molecule has 0 bridgehead atoms. The monoisotopic (exact) mass is 489 g/mol. The molecule has 0 saturated heterocycles. The van der Waals surface area contributed by atoms with Gasteiger partial charge in [-0.1, -0.05) is 0 Å². The Morgan fingerprint density at radius 3 is 2.71 bits per heavy atom. The van der Waals surface area contributed by atoms with Crippen LogP contribution in [0.1, 0.15) is 53.3 Å². The first kappa shape index (κ1) is 23.0. The van der Waals surface area contributed by atoms with Crippen LogP contribution in [-0.2, 0) is 6.54 Å². The lowest BCUT2D eigenvalue weighted by atomic mass is 9.86. The van der Waals surface area contributed by atoms with Gasteiger partial charge < -0.3 is 14.0 Å². The number of thiazole rings is 1. The third kappa shape index (κ3) is 5.68. The zero-order valence-corrected chi connectivity index (χ0v) is 20.3. The lowest BCUT2D eigenvalue weighted by molar-refractivity contribution is 0.101. The van der Waals surface area contributed by atoms with Gasteiger partial charge in [0.1, 0.15) is 17.5 Å². The second kappa shape index (κ2) is 10.7. The molecule has 0 aliphatic heterocycles. The van der Waals surface area contributed by atoms with Crippen molar-refractivity contribution in [3.8, 4) is 11.6 Å². The zero-order chi connectivity index (χ0) is 24.0. The van der Waals surface area contributed by atoms with Crippen LogP contribution in [0.25, 0.3) is 0 Å². The number of rotatable bonds is 8. The van der Waals surface area contributed by atoms with E-state index in [9.17, 15) is 4.79 Å². The SMILES string of the molecule is COc1ccc(O[C@H]2CC[C@H](c3csc(NC(=O)c4cccn4Cc4ccncc4)n3)CC2)nc1. The van der Waals surface area contributed by atoms with Crippen LogP contribution in [0.3, 0.4) is 0 Å². The lowest BCUT2D eigenvalue weighted by Gasteiger charge is -2.27. The highest BCUT2D eigenvalue weighted by atomic mass is 32.1. The fourth-order valence-electron chi connectivity index (χ4n) is 4.34. The van der Waals surface area contributed by atoms with Crippen molar-refractivity contribution in [3.63, 3.8) is 0 Å². The average Bonchev–Trinajstić information content (AvgIpc) is 3.55. The number of anilines is 1. The van der Waals surface area contributed by atoms with E-state index in [1.54, 1.807) is 25.7 Å². The van der Waals surface area contributed by atoms with Gasteiger partial charge in [0.15, 0.2) is 5.13 Å². The summed E-state index contributed by atoms with van der Waals surface area (Å²) in [5.41, 5.74) is 2.73. The summed E-state index contributed by atoms with van der Waals surface area (Å²) in [5.74, 6) is 1.56. The molecule has 0 aromatic carbocycles. The molecule has 1 aliphatic carbocycles. The molecule has 180 valence electrons. The number of aromatic nitrogens is 4. The first-order chi connectivity index (χ1) is 17.2. The van der Waals surface area contributed by atoms with Crippen LogP contribution in [0.15, 0.2) is 66.6 Å². The van der Waals surface area contributed by atoms with E-state index in [0.29, 0.717) is 29.2 Å². The number of ether oxygens (including phenoxy) is 2. The van der Waals surface area contributed by atoms with Crippen molar-refractivity contribution in [2.24, 2.45) is 0 Å². The van der Waals surface area contributed by atoms with Crippen LogP contribution in [0.5, 0.6) is 11.6 Å². The second-order valence-electron chi connectivity index (χ2n) is 8.54. The van der Waals surface area contributed by atoms with Crippen LogP contribution < -0.4 is 14.8 Å². The van der Waals surface area contributed by atoms with Gasteiger partial charge in [-0.05, 0) is 61.6 Å². The predicted octanol–water partition coefficient (Wildman–Crippen LogP) is 5.15. The molecule has 1 fully saturated rings. The summed E-state index contributed by atoms with van der Waals surface area (Å²) in [6, 6.07) is 11.3. The number of carbonyl (C=O) groups excluding carboxylic acids is 1. The Bertz CT molecular complexity index is 1250. The van der Waals surface area contributed by atoms with Crippen molar-refractivity contribution in [3.05, 3.63) is 83.5 Å². The number of carbonyl (C=O) groups is 1. The fourth-order valence-corrected chi connectivity index (χ4v) is 5.13. The third-order valence-corrected chi connectivity index (χ3v) is 7.01. The number of amides is 1. The molecule has 0 atom stereocenters. The van der Waals surface area contributed by atoms with E-state index in [-0.39, 0.29) is 12.0 Å². The molecule has 35 heavy (non-hydrogen) atoms. The van der Waals surface area contributed by atoms with Gasteiger partial charge in [-0.3, -0.25) is 15.1 Å². The summed E-state index contributed by atoms with van der Waals surface area (Å²) in [7, 11) is 1.62. The Balaban J connectivity index is 1.15. The summed E-state index contributed by atoms with van der Waals surface area (Å²) in [6.07, 6.45) is 11.1. The average molecular weight is 490 g/mol. The first-order valence-electron chi connectivity index (χ1n) is 11.7. The summed E-state index contributed by atoms with van der Waals surface area (Å²) in [6.45, 7) is 0.610. The summed E-state index contributed by atoms with van der Waals surface area (Å²) < 4.78 is 13.1. The van der Waals surface area contributed by atoms with Gasteiger partial charge >= 0.3 is 0 Å². The maximum Gasteiger partial charge on any atom is 0.274 e. The van der Waals surface area contributed by atoms with Crippen molar-refractivity contribution in [1.82, 2.24) is 19.5 Å². The largest absolute Gasteiger partial charge is 0.495 e. The Morgan fingerprint density at radius 2 is 1.97 bits per heavy atom. The maximum absolute atomic E-state index is 12.9. The van der Waals surface area contributed by atoms with E-state index in [2.05, 4.69) is 20.7 Å². The van der Waals surface area contributed by atoms with Gasteiger partial charge in [0.25, 0.3) is 5.91 Å². The fraction of sp³-hybridized carbons (Fsp3) is 0.308. The highest BCUT2D eigenvalue weighted by Gasteiger charge is 2.26. The number of methoxy groups -OCH3 is 1. The zero-order valence-electron chi connectivity index (χ0n) is 19.5. The number of nitrogens with one attached hydrogen (secondary N) is 1. The molecule has 1 aliphatic rings. The second-order valence-corrected chi connectivity index (χ2v) is 9.39. The summed E-state index contributed by atoms with van der Waals surface area (Å²) in [4.78, 5) is 26.0. The van der Waals surface area contributed by atoms with Crippen LogP contribution in [0.4, 0.5) is 5.13 Å². The number of pyridine rings is 2. The molecule has 0 unspecified atom stereocenters. The summed E-state index contributed by atoms with van der Waals surface area (Å²) in [5, 5.41) is 5.66. The smallest absolute Gasteiger partial charge is 0.274 e.